The summed E-state index contributed by atoms with van der Waals surface area (Å²) in [6.45, 7) is 3.15. The summed E-state index contributed by atoms with van der Waals surface area (Å²) in [5.74, 6) is 0.0524. The standard InChI is InChI=1S/C20H28N4O/c1-15(18-9-8-17-6-4-5-7-19(17)10-18)22-20(25)14-23(2)12-16-11-21-24(3)13-16/h8-11,13,15H,4-7,12,14H2,1-3H3,(H,22,25). The van der Waals surface area contributed by atoms with Crippen LogP contribution in [0.2, 0.25) is 0 Å². The highest BCUT2D eigenvalue weighted by Gasteiger charge is 2.15. The van der Waals surface area contributed by atoms with Gasteiger partial charge in [-0.2, -0.15) is 5.10 Å². The van der Waals surface area contributed by atoms with Crippen molar-refractivity contribution in [1.29, 1.82) is 0 Å². The Hall–Kier alpha value is -2.14. The number of nitrogens with one attached hydrogen (secondary N) is 1. The number of carbonyl (C=O) groups excluding carboxylic acids is 1. The van der Waals surface area contributed by atoms with Crippen LogP contribution in [0.3, 0.4) is 0 Å². The Balaban J connectivity index is 1.53. The van der Waals surface area contributed by atoms with Crippen molar-refractivity contribution >= 4 is 5.91 Å². The lowest BCUT2D eigenvalue weighted by atomic mass is 9.89. The van der Waals surface area contributed by atoms with E-state index in [1.54, 1.807) is 4.68 Å². The first-order valence-corrected chi connectivity index (χ1v) is 9.08. The number of amides is 1. The molecule has 1 aliphatic rings. The number of likely N-dealkylation sites (N-methyl/N-ethyl adjacent to an activating group) is 1. The van der Waals surface area contributed by atoms with Crippen LogP contribution in [0.15, 0.2) is 30.6 Å². The van der Waals surface area contributed by atoms with Crippen molar-refractivity contribution in [2.75, 3.05) is 13.6 Å². The van der Waals surface area contributed by atoms with Crippen molar-refractivity contribution in [3.8, 4) is 0 Å². The molecule has 2 aromatic rings. The second-order valence-electron chi connectivity index (χ2n) is 7.22. The zero-order chi connectivity index (χ0) is 17.8. The molecule has 1 aromatic carbocycles. The van der Waals surface area contributed by atoms with E-state index in [-0.39, 0.29) is 11.9 Å². The van der Waals surface area contributed by atoms with Gasteiger partial charge in [-0.05, 0) is 56.3 Å². The molecule has 1 amide bonds. The zero-order valence-electron chi connectivity index (χ0n) is 15.5. The minimum atomic E-state index is 0.0338. The highest BCUT2D eigenvalue weighted by Crippen LogP contribution is 2.24. The van der Waals surface area contributed by atoms with Gasteiger partial charge in [-0.3, -0.25) is 14.4 Å². The minimum Gasteiger partial charge on any atom is -0.348 e. The Morgan fingerprint density at radius 1 is 1.32 bits per heavy atom. The largest absolute Gasteiger partial charge is 0.348 e. The molecule has 1 unspecified atom stereocenters. The Morgan fingerprint density at radius 2 is 2.08 bits per heavy atom. The number of hydrogen-bond donors (Lipinski definition) is 1. The second kappa shape index (κ2) is 7.83. The van der Waals surface area contributed by atoms with Gasteiger partial charge in [0, 0.05) is 25.4 Å². The van der Waals surface area contributed by atoms with E-state index >= 15 is 0 Å². The number of carbonyl (C=O) groups is 1. The lowest BCUT2D eigenvalue weighted by Crippen LogP contribution is -2.36. The first-order chi connectivity index (χ1) is 12.0. The molecule has 5 heteroatoms. The number of fused-ring (bicyclic) bond motifs is 1. The van der Waals surface area contributed by atoms with Crippen LogP contribution in [0.1, 0.15) is 48.1 Å². The maximum absolute atomic E-state index is 12.3. The summed E-state index contributed by atoms with van der Waals surface area (Å²) in [4.78, 5) is 14.4. The number of aryl methyl sites for hydroxylation is 3. The van der Waals surface area contributed by atoms with Gasteiger partial charge in [0.2, 0.25) is 5.91 Å². The van der Waals surface area contributed by atoms with E-state index in [2.05, 4.69) is 35.5 Å². The fourth-order valence-electron chi connectivity index (χ4n) is 3.56. The van der Waals surface area contributed by atoms with E-state index < -0.39 is 0 Å². The van der Waals surface area contributed by atoms with Crippen molar-refractivity contribution in [3.63, 3.8) is 0 Å². The van der Waals surface area contributed by atoms with Crippen LogP contribution < -0.4 is 5.32 Å². The zero-order valence-corrected chi connectivity index (χ0v) is 15.5. The van der Waals surface area contributed by atoms with E-state index in [0.29, 0.717) is 13.1 Å². The summed E-state index contributed by atoms with van der Waals surface area (Å²) in [7, 11) is 3.85. The van der Waals surface area contributed by atoms with E-state index in [4.69, 9.17) is 0 Å². The van der Waals surface area contributed by atoms with Gasteiger partial charge in [-0.15, -0.1) is 0 Å². The molecule has 0 aliphatic heterocycles. The summed E-state index contributed by atoms with van der Waals surface area (Å²) in [6.07, 6.45) is 8.74. The molecule has 1 aliphatic carbocycles. The third-order valence-electron chi connectivity index (χ3n) is 4.87. The molecule has 0 saturated heterocycles. The quantitative estimate of drug-likeness (QED) is 0.879. The van der Waals surface area contributed by atoms with Gasteiger partial charge in [0.15, 0.2) is 0 Å². The Bertz CT molecular complexity index is 737. The maximum atomic E-state index is 12.3. The Morgan fingerprint density at radius 3 is 2.80 bits per heavy atom. The molecule has 5 nitrogen and oxygen atoms in total. The average molecular weight is 340 g/mol. The summed E-state index contributed by atoms with van der Waals surface area (Å²) in [6, 6.07) is 6.71. The first kappa shape index (κ1) is 17.7. The highest BCUT2D eigenvalue weighted by molar-refractivity contribution is 5.78. The van der Waals surface area contributed by atoms with E-state index in [0.717, 1.165) is 12.0 Å². The minimum absolute atomic E-state index is 0.0338. The van der Waals surface area contributed by atoms with Crippen LogP contribution in [0.4, 0.5) is 0 Å². The summed E-state index contributed by atoms with van der Waals surface area (Å²) >= 11 is 0. The smallest absolute Gasteiger partial charge is 0.234 e. The Labute approximate surface area is 150 Å². The summed E-state index contributed by atoms with van der Waals surface area (Å²) < 4.78 is 1.78. The predicted molar refractivity (Wildman–Crippen MR) is 99.2 cm³/mol. The molecule has 0 spiro atoms. The number of nitrogens with zero attached hydrogens (tertiary/aromatic N) is 3. The molecule has 0 bridgehead atoms. The van der Waals surface area contributed by atoms with E-state index in [9.17, 15) is 4.79 Å². The maximum Gasteiger partial charge on any atom is 0.234 e. The molecule has 1 N–H and O–H groups in total. The fourth-order valence-corrected chi connectivity index (χ4v) is 3.56. The molecule has 0 fully saturated rings. The van der Waals surface area contributed by atoms with Crippen LogP contribution in [-0.2, 0) is 31.2 Å². The number of aromatic nitrogens is 2. The van der Waals surface area contributed by atoms with E-state index in [1.807, 2.05) is 31.4 Å². The van der Waals surface area contributed by atoms with Crippen molar-refractivity contribution in [2.45, 2.75) is 45.2 Å². The van der Waals surface area contributed by atoms with Gasteiger partial charge in [0.05, 0.1) is 18.8 Å². The summed E-state index contributed by atoms with van der Waals surface area (Å²) in [5.41, 5.74) is 5.24. The third kappa shape index (κ3) is 4.69. The number of hydrogen-bond acceptors (Lipinski definition) is 3. The Kier molecular flexibility index (Phi) is 5.53. The van der Waals surface area contributed by atoms with Gasteiger partial charge < -0.3 is 5.32 Å². The second-order valence-corrected chi connectivity index (χ2v) is 7.22. The molecular weight excluding hydrogens is 312 g/mol. The molecule has 0 saturated carbocycles. The topological polar surface area (TPSA) is 50.2 Å². The van der Waals surface area contributed by atoms with Gasteiger partial charge in [-0.25, -0.2) is 0 Å². The monoisotopic (exact) mass is 340 g/mol. The lowest BCUT2D eigenvalue weighted by molar-refractivity contribution is -0.122. The number of benzene rings is 1. The van der Waals surface area contributed by atoms with Crippen molar-refractivity contribution in [3.05, 3.63) is 52.8 Å². The van der Waals surface area contributed by atoms with Crippen LogP contribution >= 0.6 is 0 Å². The van der Waals surface area contributed by atoms with Crippen molar-refractivity contribution < 1.29 is 4.79 Å². The van der Waals surface area contributed by atoms with Crippen molar-refractivity contribution in [1.82, 2.24) is 20.0 Å². The first-order valence-electron chi connectivity index (χ1n) is 9.08. The lowest BCUT2D eigenvalue weighted by Gasteiger charge is -2.21. The molecule has 0 radical (unpaired) electrons. The molecular formula is C20H28N4O. The molecule has 1 heterocycles. The highest BCUT2D eigenvalue weighted by atomic mass is 16.2. The molecule has 3 rings (SSSR count). The molecule has 1 aromatic heterocycles. The normalized spacial score (nSPS) is 15.0. The molecule has 134 valence electrons. The number of rotatable bonds is 6. The fraction of sp³-hybridized carbons (Fsp3) is 0.500. The predicted octanol–water partition coefficient (Wildman–Crippen LogP) is 2.61. The average Bonchev–Trinajstić information content (AvgIpc) is 2.98. The van der Waals surface area contributed by atoms with Crippen molar-refractivity contribution in [2.24, 2.45) is 7.05 Å². The van der Waals surface area contributed by atoms with Crippen LogP contribution in [0.25, 0.3) is 0 Å². The SMILES string of the molecule is CC(NC(=O)CN(C)Cc1cnn(C)c1)c1ccc2c(c1)CCCC2. The molecule has 25 heavy (non-hydrogen) atoms. The van der Waals surface area contributed by atoms with Gasteiger partial charge in [0.25, 0.3) is 0 Å². The van der Waals surface area contributed by atoms with Gasteiger partial charge in [-0.1, -0.05) is 18.2 Å². The molecule has 1 atom stereocenters. The van der Waals surface area contributed by atoms with Gasteiger partial charge in [0.1, 0.15) is 0 Å². The third-order valence-corrected chi connectivity index (χ3v) is 4.87. The van der Waals surface area contributed by atoms with Crippen LogP contribution in [0, 0.1) is 0 Å². The van der Waals surface area contributed by atoms with Crippen LogP contribution in [-0.4, -0.2) is 34.2 Å². The van der Waals surface area contributed by atoms with Crippen LogP contribution in [0.5, 0.6) is 0 Å². The summed E-state index contributed by atoms with van der Waals surface area (Å²) in [5, 5.41) is 7.28. The van der Waals surface area contributed by atoms with E-state index in [1.165, 1.54) is 36.0 Å². The van der Waals surface area contributed by atoms with Gasteiger partial charge >= 0.3 is 0 Å².